The quantitative estimate of drug-likeness (QED) is 0.626. The molecule has 1 aromatic carbocycles. The third-order valence-corrected chi connectivity index (χ3v) is 5.40. The van der Waals surface area contributed by atoms with E-state index in [1.807, 2.05) is 43.3 Å². The van der Waals surface area contributed by atoms with E-state index in [1.54, 1.807) is 17.1 Å². The molecule has 0 spiro atoms. The Hall–Kier alpha value is -2.44. The molecule has 5 nitrogen and oxygen atoms in total. The van der Waals surface area contributed by atoms with Crippen molar-refractivity contribution in [3.8, 4) is 0 Å². The summed E-state index contributed by atoms with van der Waals surface area (Å²) in [6.07, 6.45) is 5.30. The van der Waals surface area contributed by atoms with Crippen molar-refractivity contribution in [1.82, 2.24) is 4.98 Å². The highest BCUT2D eigenvalue weighted by molar-refractivity contribution is 7.22. The third-order valence-electron chi connectivity index (χ3n) is 4.34. The fourth-order valence-corrected chi connectivity index (χ4v) is 4.00. The lowest BCUT2D eigenvalue weighted by Crippen LogP contribution is -2.36. The van der Waals surface area contributed by atoms with Crippen molar-refractivity contribution in [2.24, 2.45) is 0 Å². The number of benzene rings is 1. The number of anilines is 1. The maximum atomic E-state index is 12.9. The molecule has 0 radical (unpaired) electrons. The smallest absolute Gasteiger partial charge is 0.252 e. The molecule has 0 bridgehead atoms. The van der Waals surface area contributed by atoms with E-state index in [0.717, 1.165) is 35.4 Å². The molecule has 0 aliphatic carbocycles. The molecule has 1 atom stereocenters. The van der Waals surface area contributed by atoms with E-state index in [4.69, 9.17) is 9.15 Å². The maximum Gasteiger partial charge on any atom is 0.252 e. The van der Waals surface area contributed by atoms with Gasteiger partial charge in [-0.25, -0.2) is 4.98 Å². The first-order chi connectivity index (χ1) is 12.7. The molecule has 0 saturated carbocycles. The van der Waals surface area contributed by atoms with Crippen LogP contribution in [0.2, 0.25) is 0 Å². The molecular weight excluding hydrogens is 348 g/mol. The minimum Gasteiger partial charge on any atom is -0.462 e. The number of ether oxygens (including phenoxy) is 1. The van der Waals surface area contributed by atoms with Crippen molar-refractivity contribution in [3.05, 3.63) is 54.0 Å². The minimum atomic E-state index is -0.117. The second kappa shape index (κ2) is 7.43. The van der Waals surface area contributed by atoms with Crippen LogP contribution in [0.25, 0.3) is 16.3 Å². The number of hydrogen-bond donors (Lipinski definition) is 0. The van der Waals surface area contributed by atoms with Crippen LogP contribution in [0.4, 0.5) is 5.13 Å². The van der Waals surface area contributed by atoms with Gasteiger partial charge in [0.25, 0.3) is 5.91 Å². The first-order valence-corrected chi connectivity index (χ1v) is 9.54. The Kier molecular flexibility index (Phi) is 4.86. The summed E-state index contributed by atoms with van der Waals surface area (Å²) >= 11 is 1.52. The number of nitrogens with zero attached hydrogens (tertiary/aromatic N) is 2. The molecule has 1 amide bonds. The summed E-state index contributed by atoms with van der Waals surface area (Å²) in [5.74, 6) is 1.37. The van der Waals surface area contributed by atoms with Crippen LogP contribution in [-0.2, 0) is 9.53 Å². The number of fused-ring (bicyclic) bond motifs is 1. The Morgan fingerprint density at radius 3 is 2.96 bits per heavy atom. The predicted molar refractivity (Wildman–Crippen MR) is 103 cm³/mol. The molecule has 6 heteroatoms. The van der Waals surface area contributed by atoms with Gasteiger partial charge in [-0.05, 0) is 50.1 Å². The Balaban J connectivity index is 1.60. The summed E-state index contributed by atoms with van der Waals surface area (Å²) in [4.78, 5) is 19.3. The van der Waals surface area contributed by atoms with E-state index in [2.05, 4.69) is 4.98 Å². The molecule has 0 N–H and O–H groups in total. The Labute approximate surface area is 155 Å². The van der Waals surface area contributed by atoms with Gasteiger partial charge in [-0.2, -0.15) is 0 Å². The van der Waals surface area contributed by atoms with Gasteiger partial charge < -0.3 is 9.15 Å². The zero-order chi connectivity index (χ0) is 17.9. The second-order valence-electron chi connectivity index (χ2n) is 6.33. The van der Waals surface area contributed by atoms with Crippen LogP contribution in [-0.4, -0.2) is 30.1 Å². The molecule has 1 aliphatic rings. The first kappa shape index (κ1) is 17.0. The molecule has 3 heterocycles. The van der Waals surface area contributed by atoms with Crippen LogP contribution in [0, 0.1) is 6.92 Å². The Morgan fingerprint density at radius 2 is 2.23 bits per heavy atom. The molecule has 4 rings (SSSR count). The van der Waals surface area contributed by atoms with E-state index >= 15 is 0 Å². The number of rotatable bonds is 5. The van der Waals surface area contributed by atoms with Gasteiger partial charge >= 0.3 is 0 Å². The highest BCUT2D eigenvalue weighted by atomic mass is 32.1. The lowest BCUT2D eigenvalue weighted by molar-refractivity contribution is -0.114. The van der Waals surface area contributed by atoms with Crippen molar-refractivity contribution in [2.75, 3.05) is 18.1 Å². The zero-order valence-electron chi connectivity index (χ0n) is 14.6. The largest absolute Gasteiger partial charge is 0.462 e. The number of hydrogen-bond acceptors (Lipinski definition) is 5. The average Bonchev–Trinajstić information content (AvgIpc) is 3.38. The normalized spacial score (nSPS) is 17.3. The SMILES string of the molecule is Cc1ccc(/C=C/C(=O)N(CC2CCCO2)c2nc3ccccc3s2)o1. The molecule has 134 valence electrons. The van der Waals surface area contributed by atoms with Crippen LogP contribution in [0.5, 0.6) is 0 Å². The number of carbonyl (C=O) groups is 1. The van der Waals surface area contributed by atoms with E-state index in [1.165, 1.54) is 11.3 Å². The second-order valence-corrected chi connectivity index (χ2v) is 7.34. The van der Waals surface area contributed by atoms with E-state index < -0.39 is 0 Å². The van der Waals surface area contributed by atoms with E-state index in [0.29, 0.717) is 17.4 Å². The summed E-state index contributed by atoms with van der Waals surface area (Å²) in [6.45, 7) is 3.15. The van der Waals surface area contributed by atoms with E-state index in [-0.39, 0.29) is 12.0 Å². The summed E-state index contributed by atoms with van der Waals surface area (Å²) in [7, 11) is 0. The van der Waals surface area contributed by atoms with Crippen molar-refractivity contribution in [1.29, 1.82) is 0 Å². The molecule has 26 heavy (non-hydrogen) atoms. The van der Waals surface area contributed by atoms with Crippen LogP contribution in [0.1, 0.15) is 24.4 Å². The highest BCUT2D eigenvalue weighted by Gasteiger charge is 2.25. The third kappa shape index (κ3) is 3.71. The predicted octanol–water partition coefficient (Wildman–Crippen LogP) is 4.42. The van der Waals surface area contributed by atoms with Gasteiger partial charge in [0.1, 0.15) is 11.5 Å². The van der Waals surface area contributed by atoms with Crippen LogP contribution in [0.3, 0.4) is 0 Å². The number of amides is 1. The lowest BCUT2D eigenvalue weighted by Gasteiger charge is -2.21. The topological polar surface area (TPSA) is 55.6 Å². The van der Waals surface area contributed by atoms with Gasteiger partial charge in [0.2, 0.25) is 0 Å². The maximum absolute atomic E-state index is 12.9. The number of thiazole rings is 1. The lowest BCUT2D eigenvalue weighted by atomic mass is 10.2. The molecule has 2 aromatic heterocycles. The van der Waals surface area contributed by atoms with Crippen molar-refractivity contribution >= 4 is 38.7 Å². The summed E-state index contributed by atoms with van der Waals surface area (Å²) in [5, 5.41) is 0.701. The van der Waals surface area contributed by atoms with Crippen LogP contribution >= 0.6 is 11.3 Å². The zero-order valence-corrected chi connectivity index (χ0v) is 15.4. The van der Waals surface area contributed by atoms with Crippen molar-refractivity contribution < 1.29 is 13.9 Å². The molecule has 3 aromatic rings. The molecular formula is C20H20N2O3S. The van der Waals surface area contributed by atoms with Gasteiger partial charge in [0.15, 0.2) is 5.13 Å². The van der Waals surface area contributed by atoms with E-state index in [9.17, 15) is 4.79 Å². The van der Waals surface area contributed by atoms with Gasteiger partial charge in [-0.3, -0.25) is 9.69 Å². The molecule has 1 aliphatic heterocycles. The average molecular weight is 368 g/mol. The summed E-state index contributed by atoms with van der Waals surface area (Å²) in [6, 6.07) is 11.6. The van der Waals surface area contributed by atoms with Gasteiger partial charge in [0, 0.05) is 12.7 Å². The fourth-order valence-electron chi connectivity index (χ4n) is 3.02. The number of aryl methyl sites for hydroxylation is 1. The highest BCUT2D eigenvalue weighted by Crippen LogP contribution is 2.30. The summed E-state index contributed by atoms with van der Waals surface area (Å²) < 4.78 is 12.3. The number of para-hydroxylation sites is 1. The van der Waals surface area contributed by atoms with Gasteiger partial charge in [-0.1, -0.05) is 23.5 Å². The summed E-state index contributed by atoms with van der Waals surface area (Å²) in [5.41, 5.74) is 0.906. The van der Waals surface area contributed by atoms with Gasteiger partial charge in [-0.15, -0.1) is 0 Å². The number of aromatic nitrogens is 1. The van der Waals surface area contributed by atoms with Crippen LogP contribution < -0.4 is 4.90 Å². The molecule has 1 unspecified atom stereocenters. The van der Waals surface area contributed by atoms with Crippen LogP contribution in [0.15, 0.2) is 46.9 Å². The molecule has 1 saturated heterocycles. The monoisotopic (exact) mass is 368 g/mol. The molecule has 1 fully saturated rings. The minimum absolute atomic E-state index is 0.0604. The number of furan rings is 1. The van der Waals surface area contributed by atoms with Gasteiger partial charge in [0.05, 0.1) is 22.9 Å². The Morgan fingerprint density at radius 1 is 1.35 bits per heavy atom. The Bertz CT molecular complexity index is 904. The standard InChI is InChI=1S/C20H20N2O3S/c1-14-8-9-15(25-14)10-11-19(23)22(13-16-5-4-12-24-16)20-21-17-6-2-3-7-18(17)26-20/h2-3,6-11,16H,4-5,12-13H2,1H3/b11-10+. The van der Waals surface area contributed by atoms with Crippen molar-refractivity contribution in [3.63, 3.8) is 0 Å². The fraction of sp³-hybridized carbons (Fsp3) is 0.300. The number of carbonyl (C=O) groups excluding carboxylic acids is 1. The first-order valence-electron chi connectivity index (χ1n) is 8.72. The van der Waals surface area contributed by atoms with Crippen molar-refractivity contribution in [2.45, 2.75) is 25.9 Å².